The highest BCUT2D eigenvalue weighted by Crippen LogP contribution is 2.30. The van der Waals surface area contributed by atoms with Gasteiger partial charge in [-0.25, -0.2) is 0 Å². The van der Waals surface area contributed by atoms with Crippen LogP contribution in [0, 0.1) is 5.92 Å². The van der Waals surface area contributed by atoms with E-state index in [2.05, 4.69) is 26.1 Å². The Labute approximate surface area is 173 Å². The lowest BCUT2D eigenvalue weighted by molar-refractivity contribution is -0.128. The normalized spacial score (nSPS) is 16.8. The Morgan fingerprint density at radius 3 is 2.66 bits per heavy atom. The summed E-state index contributed by atoms with van der Waals surface area (Å²) >= 11 is 0. The average molecular weight is 395 g/mol. The molecule has 2 amide bonds. The molecule has 1 saturated heterocycles. The molecule has 154 valence electrons. The first kappa shape index (κ1) is 20.9. The molecule has 0 bridgehead atoms. The summed E-state index contributed by atoms with van der Waals surface area (Å²) in [6.07, 6.45) is 1.01. The van der Waals surface area contributed by atoms with Crippen molar-refractivity contribution < 1.29 is 14.3 Å². The number of para-hydroxylation sites is 1. The highest BCUT2D eigenvalue weighted by atomic mass is 16.5. The molecule has 0 aromatic heterocycles. The van der Waals surface area contributed by atoms with Gasteiger partial charge in [0.2, 0.25) is 11.8 Å². The minimum absolute atomic E-state index is 0.0390. The zero-order valence-electron chi connectivity index (χ0n) is 17.7. The maximum atomic E-state index is 12.8. The van der Waals surface area contributed by atoms with E-state index in [1.54, 1.807) is 12.0 Å². The van der Waals surface area contributed by atoms with E-state index in [9.17, 15) is 9.59 Å². The number of anilines is 1. The van der Waals surface area contributed by atoms with Gasteiger partial charge in [-0.05, 0) is 41.2 Å². The molecule has 1 fully saturated rings. The van der Waals surface area contributed by atoms with Crippen molar-refractivity contribution in [2.75, 3.05) is 25.5 Å². The summed E-state index contributed by atoms with van der Waals surface area (Å²) < 4.78 is 5.25. The number of hydrogen-bond donors (Lipinski definition) is 1. The Morgan fingerprint density at radius 1 is 1.17 bits per heavy atom. The number of benzene rings is 2. The number of carbonyl (C=O) groups excluding carboxylic acids is 2. The van der Waals surface area contributed by atoms with Crippen molar-refractivity contribution in [2.45, 2.75) is 39.0 Å². The Balaban J connectivity index is 1.61. The molecule has 3 rings (SSSR count). The first-order chi connectivity index (χ1) is 13.8. The van der Waals surface area contributed by atoms with Crippen LogP contribution in [0.1, 0.15) is 38.3 Å². The summed E-state index contributed by atoms with van der Waals surface area (Å²) in [5.74, 6) is 0.446. The maximum Gasteiger partial charge on any atom is 0.229 e. The van der Waals surface area contributed by atoms with Crippen LogP contribution in [0.25, 0.3) is 0 Å². The summed E-state index contributed by atoms with van der Waals surface area (Å²) in [4.78, 5) is 27.1. The lowest BCUT2D eigenvalue weighted by Gasteiger charge is -2.23. The molecule has 1 atom stereocenters. The van der Waals surface area contributed by atoms with Crippen molar-refractivity contribution >= 4 is 17.5 Å². The zero-order valence-corrected chi connectivity index (χ0v) is 17.7. The summed E-state index contributed by atoms with van der Waals surface area (Å²) in [7, 11) is 1.64. The van der Waals surface area contributed by atoms with Crippen LogP contribution in [0.5, 0.6) is 5.75 Å². The van der Waals surface area contributed by atoms with Crippen molar-refractivity contribution in [1.82, 2.24) is 4.90 Å². The van der Waals surface area contributed by atoms with E-state index in [4.69, 9.17) is 4.74 Å². The van der Waals surface area contributed by atoms with E-state index in [1.807, 2.05) is 48.5 Å². The summed E-state index contributed by atoms with van der Waals surface area (Å²) in [5, 5.41) is 3.05. The standard InChI is InChI=1S/C24H30N2O3/c1-24(2,3)20-10-5-6-11-21(20)25-23(28)18-15-22(27)26(16-18)13-12-17-8-7-9-19(14-17)29-4/h5-11,14,18H,12-13,15-16H2,1-4H3,(H,25,28). The topological polar surface area (TPSA) is 58.6 Å². The molecule has 1 aliphatic heterocycles. The van der Waals surface area contributed by atoms with Gasteiger partial charge in [0, 0.05) is 25.2 Å². The van der Waals surface area contributed by atoms with Gasteiger partial charge in [-0.3, -0.25) is 9.59 Å². The second-order valence-corrected chi connectivity index (χ2v) is 8.63. The summed E-state index contributed by atoms with van der Waals surface area (Å²) in [5.41, 5.74) is 2.96. The SMILES string of the molecule is COc1cccc(CCN2CC(C(=O)Nc3ccccc3C(C)(C)C)CC2=O)c1. The molecular weight excluding hydrogens is 364 g/mol. The van der Waals surface area contributed by atoms with Crippen LogP contribution in [-0.4, -0.2) is 36.9 Å². The molecule has 5 nitrogen and oxygen atoms in total. The van der Waals surface area contributed by atoms with E-state index in [1.165, 1.54) is 0 Å². The van der Waals surface area contributed by atoms with Crippen molar-refractivity contribution in [3.05, 3.63) is 59.7 Å². The van der Waals surface area contributed by atoms with Gasteiger partial charge in [0.15, 0.2) is 0 Å². The molecule has 0 radical (unpaired) electrons. The molecule has 0 saturated carbocycles. The molecule has 5 heteroatoms. The van der Waals surface area contributed by atoms with Crippen LogP contribution in [0.3, 0.4) is 0 Å². The highest BCUT2D eigenvalue weighted by molar-refractivity contribution is 5.97. The Morgan fingerprint density at radius 2 is 1.93 bits per heavy atom. The van der Waals surface area contributed by atoms with Gasteiger partial charge in [-0.15, -0.1) is 0 Å². The lowest BCUT2D eigenvalue weighted by atomic mass is 9.85. The molecule has 29 heavy (non-hydrogen) atoms. The minimum Gasteiger partial charge on any atom is -0.497 e. The van der Waals surface area contributed by atoms with Gasteiger partial charge < -0.3 is 15.0 Å². The van der Waals surface area contributed by atoms with Crippen molar-refractivity contribution in [3.63, 3.8) is 0 Å². The first-order valence-corrected chi connectivity index (χ1v) is 10.1. The summed E-state index contributed by atoms with van der Waals surface area (Å²) in [6.45, 7) is 7.44. The molecule has 0 spiro atoms. The molecule has 1 unspecified atom stereocenters. The van der Waals surface area contributed by atoms with Gasteiger partial charge >= 0.3 is 0 Å². The number of likely N-dealkylation sites (tertiary alicyclic amines) is 1. The fourth-order valence-electron chi connectivity index (χ4n) is 3.74. The monoisotopic (exact) mass is 394 g/mol. The maximum absolute atomic E-state index is 12.8. The van der Waals surface area contributed by atoms with E-state index in [0.29, 0.717) is 13.1 Å². The van der Waals surface area contributed by atoms with Gasteiger partial charge in [0.1, 0.15) is 5.75 Å². The lowest BCUT2D eigenvalue weighted by Crippen LogP contribution is -2.30. The smallest absolute Gasteiger partial charge is 0.229 e. The summed E-state index contributed by atoms with van der Waals surface area (Å²) in [6, 6.07) is 15.7. The van der Waals surface area contributed by atoms with E-state index in [-0.39, 0.29) is 29.6 Å². The van der Waals surface area contributed by atoms with Gasteiger partial charge in [-0.1, -0.05) is 51.1 Å². The first-order valence-electron chi connectivity index (χ1n) is 10.1. The fraction of sp³-hybridized carbons (Fsp3) is 0.417. The predicted octanol–water partition coefficient (Wildman–Crippen LogP) is 4.02. The van der Waals surface area contributed by atoms with Gasteiger partial charge in [0.25, 0.3) is 0 Å². The Hall–Kier alpha value is -2.82. The fourth-order valence-corrected chi connectivity index (χ4v) is 3.74. The van der Waals surface area contributed by atoms with Crippen molar-refractivity contribution in [3.8, 4) is 5.75 Å². The van der Waals surface area contributed by atoms with Gasteiger partial charge in [0.05, 0.1) is 13.0 Å². The molecule has 1 heterocycles. The van der Waals surface area contributed by atoms with E-state index < -0.39 is 0 Å². The average Bonchev–Trinajstić information content (AvgIpc) is 3.07. The second kappa shape index (κ2) is 8.68. The molecule has 0 aliphatic carbocycles. The van der Waals surface area contributed by atoms with Crippen LogP contribution in [-0.2, 0) is 21.4 Å². The Kier molecular flexibility index (Phi) is 6.26. The second-order valence-electron chi connectivity index (χ2n) is 8.63. The number of methoxy groups -OCH3 is 1. The third kappa shape index (κ3) is 5.17. The van der Waals surface area contributed by atoms with Crippen LogP contribution in [0.2, 0.25) is 0 Å². The van der Waals surface area contributed by atoms with E-state index in [0.717, 1.165) is 29.0 Å². The number of nitrogens with zero attached hydrogens (tertiary/aromatic N) is 1. The zero-order chi connectivity index (χ0) is 21.0. The minimum atomic E-state index is -0.319. The van der Waals surface area contributed by atoms with Crippen LogP contribution in [0.4, 0.5) is 5.69 Å². The third-order valence-electron chi connectivity index (χ3n) is 5.38. The largest absolute Gasteiger partial charge is 0.497 e. The predicted molar refractivity (Wildman–Crippen MR) is 115 cm³/mol. The Bertz CT molecular complexity index is 886. The number of ether oxygens (including phenoxy) is 1. The number of hydrogen-bond acceptors (Lipinski definition) is 3. The van der Waals surface area contributed by atoms with Gasteiger partial charge in [-0.2, -0.15) is 0 Å². The number of rotatable bonds is 6. The van der Waals surface area contributed by atoms with Crippen LogP contribution < -0.4 is 10.1 Å². The molecule has 2 aromatic carbocycles. The van der Waals surface area contributed by atoms with Crippen molar-refractivity contribution in [1.29, 1.82) is 0 Å². The van der Waals surface area contributed by atoms with E-state index >= 15 is 0 Å². The molecule has 1 aliphatic rings. The highest BCUT2D eigenvalue weighted by Gasteiger charge is 2.34. The number of amides is 2. The van der Waals surface area contributed by atoms with Crippen LogP contribution >= 0.6 is 0 Å². The number of nitrogens with one attached hydrogen (secondary N) is 1. The number of carbonyl (C=O) groups is 2. The molecule has 2 aromatic rings. The molecular formula is C24H30N2O3. The quantitative estimate of drug-likeness (QED) is 0.805. The van der Waals surface area contributed by atoms with Crippen LogP contribution in [0.15, 0.2) is 48.5 Å². The third-order valence-corrected chi connectivity index (χ3v) is 5.38. The molecule has 1 N–H and O–H groups in total. The van der Waals surface area contributed by atoms with Crippen molar-refractivity contribution in [2.24, 2.45) is 5.92 Å².